The van der Waals surface area contributed by atoms with Crippen LogP contribution in [-0.4, -0.2) is 41.0 Å². The number of carbonyl (C=O) groups excluding carboxylic acids is 2. The molecule has 0 saturated carbocycles. The molecular formula is C20H25ClN6O2. The number of aromatic nitrogens is 2. The molecule has 0 atom stereocenters. The summed E-state index contributed by atoms with van der Waals surface area (Å²) in [7, 11) is 0. The van der Waals surface area contributed by atoms with Gasteiger partial charge in [-0.15, -0.1) is 0 Å². The maximum atomic E-state index is 12.6. The Kier molecular flexibility index (Phi) is 6.87. The Morgan fingerprint density at radius 1 is 1.17 bits per heavy atom. The standard InChI is InChI=1S/C20H25ClN6O2/c1-13(2)24-20(29)25-15-7-5-14(6-8-15)11-22-18(28)17-16(21)12-23-19(26-17)27-9-3-4-10-27/h5-8,12-13H,3-4,9-11H2,1-2H3,(H,22,28)(H2,24,25,29). The first-order chi connectivity index (χ1) is 13.9. The number of rotatable bonds is 6. The van der Waals surface area contributed by atoms with E-state index < -0.39 is 0 Å². The van der Waals surface area contributed by atoms with Crippen molar-refractivity contribution < 1.29 is 9.59 Å². The first kappa shape index (κ1) is 20.9. The number of anilines is 2. The molecule has 1 aliphatic heterocycles. The SMILES string of the molecule is CC(C)NC(=O)Nc1ccc(CNC(=O)c2nc(N3CCCC3)ncc2Cl)cc1. The van der Waals surface area contributed by atoms with Gasteiger partial charge in [0.25, 0.3) is 5.91 Å². The third kappa shape index (κ3) is 5.80. The van der Waals surface area contributed by atoms with Crippen molar-refractivity contribution in [2.45, 2.75) is 39.3 Å². The Hall–Kier alpha value is -2.87. The molecule has 1 saturated heterocycles. The van der Waals surface area contributed by atoms with Crippen LogP contribution in [0.3, 0.4) is 0 Å². The molecule has 0 spiro atoms. The van der Waals surface area contributed by atoms with Crippen molar-refractivity contribution in [3.63, 3.8) is 0 Å². The first-order valence-electron chi connectivity index (χ1n) is 9.64. The largest absolute Gasteiger partial charge is 0.347 e. The number of amides is 3. The van der Waals surface area contributed by atoms with Crippen molar-refractivity contribution in [2.75, 3.05) is 23.3 Å². The molecule has 0 radical (unpaired) electrons. The van der Waals surface area contributed by atoms with Gasteiger partial charge in [0.15, 0.2) is 5.69 Å². The maximum absolute atomic E-state index is 12.6. The summed E-state index contributed by atoms with van der Waals surface area (Å²) in [5.74, 6) is 0.184. The average Bonchev–Trinajstić information content (AvgIpc) is 3.21. The van der Waals surface area contributed by atoms with Gasteiger partial charge < -0.3 is 20.9 Å². The van der Waals surface area contributed by atoms with Gasteiger partial charge in [-0.25, -0.2) is 14.8 Å². The minimum atomic E-state index is -0.351. The second-order valence-corrected chi connectivity index (χ2v) is 7.60. The van der Waals surface area contributed by atoms with Crippen molar-refractivity contribution in [3.8, 4) is 0 Å². The van der Waals surface area contributed by atoms with Crippen LogP contribution in [0.1, 0.15) is 42.7 Å². The van der Waals surface area contributed by atoms with E-state index in [1.807, 2.05) is 30.9 Å². The van der Waals surface area contributed by atoms with E-state index in [1.54, 1.807) is 12.1 Å². The minimum absolute atomic E-state index is 0.0593. The average molecular weight is 417 g/mol. The molecule has 1 aliphatic rings. The van der Waals surface area contributed by atoms with Gasteiger partial charge in [0.2, 0.25) is 5.95 Å². The van der Waals surface area contributed by atoms with E-state index in [0.29, 0.717) is 18.2 Å². The molecular weight excluding hydrogens is 392 g/mol. The first-order valence-corrected chi connectivity index (χ1v) is 10.0. The van der Waals surface area contributed by atoms with Crippen LogP contribution in [-0.2, 0) is 6.54 Å². The summed E-state index contributed by atoms with van der Waals surface area (Å²) in [6, 6.07) is 7.04. The highest BCUT2D eigenvalue weighted by molar-refractivity contribution is 6.33. The molecule has 154 valence electrons. The highest BCUT2D eigenvalue weighted by Gasteiger charge is 2.19. The molecule has 3 rings (SSSR count). The quantitative estimate of drug-likeness (QED) is 0.671. The van der Waals surface area contributed by atoms with Gasteiger partial charge in [0.1, 0.15) is 0 Å². The van der Waals surface area contributed by atoms with E-state index in [4.69, 9.17) is 11.6 Å². The fourth-order valence-electron chi connectivity index (χ4n) is 2.99. The number of urea groups is 1. The van der Waals surface area contributed by atoms with Crippen LogP contribution in [0.4, 0.5) is 16.4 Å². The highest BCUT2D eigenvalue weighted by Crippen LogP contribution is 2.20. The van der Waals surface area contributed by atoms with Crippen LogP contribution in [0.2, 0.25) is 5.02 Å². The molecule has 9 heteroatoms. The van der Waals surface area contributed by atoms with Gasteiger partial charge in [0.05, 0.1) is 11.2 Å². The summed E-state index contributed by atoms with van der Waals surface area (Å²) in [6.45, 7) is 5.87. The topological polar surface area (TPSA) is 99.2 Å². The summed E-state index contributed by atoms with van der Waals surface area (Å²) < 4.78 is 0. The molecule has 29 heavy (non-hydrogen) atoms. The van der Waals surface area contributed by atoms with Gasteiger partial charge in [-0.05, 0) is 44.4 Å². The number of nitrogens with one attached hydrogen (secondary N) is 3. The summed E-state index contributed by atoms with van der Waals surface area (Å²) in [5.41, 5.74) is 1.73. The van der Waals surface area contributed by atoms with Gasteiger partial charge >= 0.3 is 6.03 Å². The fourth-order valence-corrected chi connectivity index (χ4v) is 3.16. The van der Waals surface area contributed by atoms with E-state index in [-0.39, 0.29) is 28.7 Å². The molecule has 3 N–H and O–H groups in total. The van der Waals surface area contributed by atoms with Gasteiger partial charge in [-0.1, -0.05) is 23.7 Å². The van der Waals surface area contributed by atoms with Crippen LogP contribution < -0.4 is 20.9 Å². The van der Waals surface area contributed by atoms with Crippen molar-refractivity contribution in [3.05, 3.63) is 46.7 Å². The summed E-state index contributed by atoms with van der Waals surface area (Å²) in [4.78, 5) is 34.9. The molecule has 0 aliphatic carbocycles. The zero-order valence-electron chi connectivity index (χ0n) is 16.5. The molecule has 0 bridgehead atoms. The van der Waals surface area contributed by atoms with Gasteiger partial charge in [-0.3, -0.25) is 4.79 Å². The van der Waals surface area contributed by atoms with Gasteiger partial charge in [-0.2, -0.15) is 0 Å². The van der Waals surface area contributed by atoms with Crippen molar-refractivity contribution in [1.82, 2.24) is 20.6 Å². The third-order valence-corrected chi connectivity index (χ3v) is 4.70. The predicted molar refractivity (Wildman–Crippen MR) is 113 cm³/mol. The lowest BCUT2D eigenvalue weighted by molar-refractivity contribution is 0.0946. The van der Waals surface area contributed by atoms with Crippen LogP contribution in [0.25, 0.3) is 0 Å². The van der Waals surface area contributed by atoms with Crippen LogP contribution in [0.15, 0.2) is 30.5 Å². The Bertz CT molecular complexity index is 866. The zero-order chi connectivity index (χ0) is 20.8. The van der Waals surface area contributed by atoms with Gasteiger partial charge in [0, 0.05) is 31.4 Å². The fraction of sp³-hybridized carbons (Fsp3) is 0.400. The Morgan fingerprint density at radius 3 is 2.52 bits per heavy atom. The van der Waals surface area contributed by atoms with E-state index in [2.05, 4.69) is 25.9 Å². The number of nitrogens with zero attached hydrogens (tertiary/aromatic N) is 3. The highest BCUT2D eigenvalue weighted by atomic mass is 35.5. The summed E-state index contributed by atoms with van der Waals surface area (Å²) >= 11 is 6.13. The molecule has 1 aromatic heterocycles. The second kappa shape index (κ2) is 9.56. The smallest absolute Gasteiger partial charge is 0.319 e. The lowest BCUT2D eigenvalue weighted by atomic mass is 10.2. The minimum Gasteiger partial charge on any atom is -0.347 e. The lowest BCUT2D eigenvalue weighted by Crippen LogP contribution is -2.34. The number of halogens is 1. The number of benzene rings is 1. The number of carbonyl (C=O) groups is 2. The summed E-state index contributed by atoms with van der Waals surface area (Å²) in [6.07, 6.45) is 3.66. The molecule has 2 aromatic rings. The number of hydrogen-bond donors (Lipinski definition) is 3. The van der Waals surface area contributed by atoms with Crippen LogP contribution in [0, 0.1) is 0 Å². The van der Waals surface area contributed by atoms with Crippen molar-refractivity contribution >= 4 is 35.2 Å². The Labute approximate surface area is 175 Å². The monoisotopic (exact) mass is 416 g/mol. The number of hydrogen-bond acceptors (Lipinski definition) is 5. The molecule has 2 heterocycles. The maximum Gasteiger partial charge on any atom is 0.319 e. The molecule has 0 unspecified atom stereocenters. The van der Waals surface area contributed by atoms with Crippen molar-refractivity contribution in [2.24, 2.45) is 0 Å². The van der Waals surface area contributed by atoms with Crippen LogP contribution in [0.5, 0.6) is 0 Å². The van der Waals surface area contributed by atoms with E-state index in [1.165, 1.54) is 6.20 Å². The van der Waals surface area contributed by atoms with E-state index in [9.17, 15) is 9.59 Å². The molecule has 1 aromatic carbocycles. The van der Waals surface area contributed by atoms with E-state index in [0.717, 1.165) is 31.5 Å². The summed E-state index contributed by atoms with van der Waals surface area (Å²) in [5, 5.41) is 8.57. The van der Waals surface area contributed by atoms with Crippen LogP contribution >= 0.6 is 11.6 Å². The third-order valence-electron chi connectivity index (χ3n) is 4.42. The lowest BCUT2D eigenvalue weighted by Gasteiger charge is -2.16. The predicted octanol–water partition coefficient (Wildman–Crippen LogP) is 3.19. The normalized spacial score (nSPS) is 13.4. The molecule has 8 nitrogen and oxygen atoms in total. The molecule has 1 fully saturated rings. The Balaban J connectivity index is 1.58. The van der Waals surface area contributed by atoms with Crippen molar-refractivity contribution in [1.29, 1.82) is 0 Å². The van der Waals surface area contributed by atoms with E-state index >= 15 is 0 Å². The zero-order valence-corrected chi connectivity index (χ0v) is 17.3. The molecule has 3 amide bonds. The Morgan fingerprint density at radius 2 is 1.86 bits per heavy atom. The second-order valence-electron chi connectivity index (χ2n) is 7.19.